The highest BCUT2D eigenvalue weighted by molar-refractivity contribution is 6.01. The Labute approximate surface area is 453 Å². The van der Waals surface area contributed by atoms with Gasteiger partial charge in [-0.2, -0.15) is 0 Å². The number of nitrogens with one attached hydrogen (secondary N) is 3. The maximum Gasteiger partial charge on any atom is 0.514 e. The van der Waals surface area contributed by atoms with E-state index in [9.17, 15) is 34.1 Å². The van der Waals surface area contributed by atoms with E-state index in [4.69, 9.17) is 52.1 Å². The Morgan fingerprint density at radius 3 is 1.64 bits per heavy atom. The number of hydrogen-bond acceptors (Lipinski definition) is 18. The smallest absolute Gasteiger partial charge is 0.436 e. The molecule has 0 bridgehead atoms. The van der Waals surface area contributed by atoms with E-state index < -0.39 is 59.7 Å². The van der Waals surface area contributed by atoms with Gasteiger partial charge in [0.05, 0.1) is 104 Å². The van der Waals surface area contributed by atoms with Crippen LogP contribution in [0.2, 0.25) is 0 Å². The second-order valence-corrected chi connectivity index (χ2v) is 17.8. The second kappa shape index (κ2) is 33.9. The lowest BCUT2D eigenvalue weighted by Gasteiger charge is -2.31. The molecule has 3 N–H and O–H groups in total. The van der Waals surface area contributed by atoms with Gasteiger partial charge in [-0.3, -0.25) is 29.4 Å². The summed E-state index contributed by atoms with van der Waals surface area (Å²) in [6.45, 7) is 10.7. The van der Waals surface area contributed by atoms with E-state index in [0.29, 0.717) is 79.3 Å². The summed E-state index contributed by atoms with van der Waals surface area (Å²) in [6, 6.07) is 22.3. The predicted molar refractivity (Wildman–Crippen MR) is 283 cm³/mol. The van der Waals surface area contributed by atoms with Crippen molar-refractivity contribution < 1.29 is 81.0 Å². The number of hydrogen-bond donors (Lipinski definition) is 3. The van der Waals surface area contributed by atoms with Gasteiger partial charge in [0.2, 0.25) is 11.8 Å². The number of nitro benzene ring substituents is 1. The first-order valence-electron chi connectivity index (χ1n) is 25.5. The number of ether oxygens (including phenoxy) is 11. The fraction of sp³-hybridized carbons (Fsp3) is 0.473. The molecule has 4 amide bonds. The first-order valence-corrected chi connectivity index (χ1v) is 25.5. The maximum absolute atomic E-state index is 13.8. The Balaban J connectivity index is 1.05. The van der Waals surface area contributed by atoms with Crippen LogP contribution < -0.4 is 20.7 Å². The van der Waals surface area contributed by atoms with Crippen LogP contribution in [0.15, 0.2) is 91.0 Å². The number of carbonyl (C=O) groups is 5. The molecule has 424 valence electrons. The molecule has 4 aromatic carbocycles. The van der Waals surface area contributed by atoms with Gasteiger partial charge in [0.1, 0.15) is 24.4 Å². The topological polar surface area (TPSA) is 269 Å². The maximum atomic E-state index is 13.8. The van der Waals surface area contributed by atoms with Gasteiger partial charge in [-0.1, -0.05) is 68.4 Å². The van der Waals surface area contributed by atoms with E-state index in [1.165, 1.54) is 49.2 Å². The molecule has 78 heavy (non-hydrogen) atoms. The zero-order chi connectivity index (χ0) is 56.1. The third kappa shape index (κ3) is 20.4. The normalized spacial score (nSPS) is 12.5. The lowest BCUT2D eigenvalue weighted by molar-refractivity contribution is -0.384. The van der Waals surface area contributed by atoms with E-state index in [0.717, 1.165) is 34.4 Å². The largest absolute Gasteiger partial charge is 0.514 e. The van der Waals surface area contributed by atoms with Crippen molar-refractivity contribution in [2.24, 2.45) is 5.92 Å². The number of rotatable bonds is 36. The van der Waals surface area contributed by atoms with Gasteiger partial charge in [-0.15, -0.1) is 0 Å². The summed E-state index contributed by atoms with van der Waals surface area (Å²) in [5, 5.41) is 19.2. The zero-order valence-electron chi connectivity index (χ0n) is 44.7. The summed E-state index contributed by atoms with van der Waals surface area (Å²) in [4.78, 5) is 79.1. The SMILES string of the molecule is COCCOCCOCCOCCOCCOCCOCCOCCNC(=O)c1cc(NC(=O)[C@H](C)NC(=O)[C@H](C(C)C)N(C)C(=O)OC2c3ccccc3-c3ccccc32)ccc1COC(=O)Oc1ccc([N+](=O)[O-])cc1. The Morgan fingerprint density at radius 1 is 0.641 bits per heavy atom. The van der Waals surface area contributed by atoms with Crippen LogP contribution >= 0.6 is 0 Å². The number of non-ortho nitro benzene ring substituents is 1. The Morgan fingerprint density at radius 2 is 1.14 bits per heavy atom. The highest BCUT2D eigenvalue weighted by Crippen LogP contribution is 2.45. The molecule has 0 heterocycles. The fourth-order valence-electron chi connectivity index (χ4n) is 7.86. The first-order chi connectivity index (χ1) is 37.8. The van der Waals surface area contributed by atoms with Crippen molar-refractivity contribution in [2.45, 2.75) is 45.6 Å². The number of nitro groups is 1. The number of methoxy groups -OCH3 is 1. The fourth-order valence-corrected chi connectivity index (χ4v) is 7.86. The van der Waals surface area contributed by atoms with Crippen molar-refractivity contribution in [1.29, 1.82) is 0 Å². The van der Waals surface area contributed by atoms with Gasteiger partial charge in [-0.05, 0) is 48.2 Å². The van der Waals surface area contributed by atoms with E-state index >= 15 is 0 Å². The van der Waals surface area contributed by atoms with Gasteiger partial charge < -0.3 is 68.1 Å². The van der Waals surface area contributed by atoms with E-state index in [1.54, 1.807) is 21.0 Å². The molecule has 0 aromatic heterocycles. The Kier molecular flexibility index (Phi) is 26.9. The van der Waals surface area contributed by atoms with Crippen molar-refractivity contribution in [3.8, 4) is 16.9 Å². The minimum atomic E-state index is -1.15. The molecule has 0 unspecified atom stereocenters. The van der Waals surface area contributed by atoms with Crippen LogP contribution in [0.25, 0.3) is 11.1 Å². The molecule has 2 atom stereocenters. The zero-order valence-corrected chi connectivity index (χ0v) is 44.7. The Hall–Kier alpha value is -7.09. The Bertz CT molecular complexity index is 2490. The molecular formula is C55H71N5O18. The van der Waals surface area contributed by atoms with Crippen LogP contribution in [0.3, 0.4) is 0 Å². The number of anilines is 1. The highest BCUT2D eigenvalue weighted by Gasteiger charge is 2.36. The summed E-state index contributed by atoms with van der Waals surface area (Å²) < 4.78 is 59.8. The summed E-state index contributed by atoms with van der Waals surface area (Å²) in [5.74, 6) is -2.23. The molecule has 23 nitrogen and oxygen atoms in total. The van der Waals surface area contributed by atoms with E-state index in [1.807, 2.05) is 48.5 Å². The van der Waals surface area contributed by atoms with E-state index in [2.05, 4.69) is 16.0 Å². The molecule has 0 radical (unpaired) electrons. The number of nitrogens with zero attached hydrogens (tertiary/aromatic N) is 2. The van der Waals surface area contributed by atoms with Crippen LogP contribution in [0.4, 0.5) is 21.0 Å². The molecule has 0 saturated carbocycles. The number of benzene rings is 4. The third-order valence-electron chi connectivity index (χ3n) is 11.8. The monoisotopic (exact) mass is 1090 g/mol. The standard InChI is InChI=1S/C55H71N5O18/c1-38(2)49(59(4)54(64)78-50-46-12-8-6-10-44(46)45-11-7-9-13-47(45)50)53(63)57-39(3)51(61)58-41-15-14-40(37-76-55(65)77-43-18-16-42(17-19-43)60(66)67)48(36-41)52(62)56-20-21-69-24-25-71-28-29-73-32-33-75-35-34-74-31-30-72-27-26-70-23-22-68-5/h6-19,36,38-39,49-50H,20-35,37H2,1-5H3,(H,56,62)(H,57,63)(H,58,61)/t39-,49-/m0/s1. The van der Waals surface area contributed by atoms with Crippen molar-refractivity contribution >= 4 is 41.3 Å². The lowest BCUT2D eigenvalue weighted by Crippen LogP contribution is -2.54. The highest BCUT2D eigenvalue weighted by atomic mass is 16.7. The van der Waals surface area contributed by atoms with Gasteiger partial charge in [0.25, 0.3) is 11.6 Å². The van der Waals surface area contributed by atoms with Crippen LogP contribution in [0, 0.1) is 16.0 Å². The molecule has 4 aromatic rings. The first kappa shape index (κ1) is 61.8. The predicted octanol–water partition coefficient (Wildman–Crippen LogP) is 6.11. The number of carbonyl (C=O) groups excluding carboxylic acids is 5. The number of likely N-dealkylation sites (N-methyl/N-ethyl adjacent to an activating group) is 1. The lowest BCUT2D eigenvalue weighted by atomic mass is 10.0. The van der Waals surface area contributed by atoms with Gasteiger partial charge in [-0.25, -0.2) is 9.59 Å². The molecule has 0 fully saturated rings. The summed E-state index contributed by atoms with van der Waals surface area (Å²) >= 11 is 0. The number of amides is 4. The molecule has 23 heteroatoms. The molecule has 0 saturated heterocycles. The third-order valence-corrected chi connectivity index (χ3v) is 11.8. The number of fused-ring (bicyclic) bond motifs is 3. The molecular weight excluding hydrogens is 1020 g/mol. The summed E-state index contributed by atoms with van der Waals surface area (Å²) in [7, 11) is 3.09. The summed E-state index contributed by atoms with van der Waals surface area (Å²) in [5.41, 5.74) is 3.81. The van der Waals surface area contributed by atoms with Crippen molar-refractivity contribution in [3.05, 3.63) is 123 Å². The minimum absolute atomic E-state index is 0.0105. The van der Waals surface area contributed by atoms with Gasteiger partial charge in [0, 0.05) is 60.8 Å². The molecule has 1 aliphatic rings. The average molecular weight is 1090 g/mol. The van der Waals surface area contributed by atoms with Crippen LogP contribution in [0.1, 0.15) is 53.9 Å². The summed E-state index contributed by atoms with van der Waals surface area (Å²) in [6.07, 6.45) is -2.55. The molecule has 0 spiro atoms. The van der Waals surface area contributed by atoms with Crippen molar-refractivity contribution in [3.63, 3.8) is 0 Å². The average Bonchev–Trinajstić information content (AvgIpc) is 3.85. The van der Waals surface area contributed by atoms with Crippen molar-refractivity contribution in [2.75, 3.05) is 125 Å². The van der Waals surface area contributed by atoms with E-state index in [-0.39, 0.29) is 60.5 Å². The quantitative estimate of drug-likeness (QED) is 0.0152. The van der Waals surface area contributed by atoms with Crippen LogP contribution in [-0.4, -0.2) is 172 Å². The van der Waals surface area contributed by atoms with Gasteiger partial charge >= 0.3 is 12.2 Å². The molecule has 0 aliphatic heterocycles. The molecule has 5 rings (SSSR count). The second-order valence-electron chi connectivity index (χ2n) is 17.8. The van der Waals surface area contributed by atoms with Crippen molar-refractivity contribution in [1.82, 2.24) is 15.5 Å². The minimum Gasteiger partial charge on any atom is -0.436 e. The van der Waals surface area contributed by atoms with Crippen LogP contribution in [-0.2, 0) is 63.6 Å². The van der Waals surface area contributed by atoms with Crippen LogP contribution in [0.5, 0.6) is 5.75 Å². The molecule has 1 aliphatic carbocycles. The van der Waals surface area contributed by atoms with Gasteiger partial charge in [0.15, 0.2) is 6.10 Å².